The van der Waals surface area contributed by atoms with Gasteiger partial charge in [0.05, 0.1) is 0 Å². The lowest BCUT2D eigenvalue weighted by Gasteiger charge is -2.26. The smallest absolute Gasteiger partial charge is 0.251 e. The largest absolute Gasteiger partial charge is 0.356 e. The molecule has 1 aliphatic heterocycles. The minimum absolute atomic E-state index is 0.0235. The number of piperidine rings is 1. The minimum Gasteiger partial charge on any atom is -0.356 e. The Morgan fingerprint density at radius 1 is 1.00 bits per heavy atom. The lowest BCUT2D eigenvalue weighted by Crippen LogP contribution is -2.43. The Bertz CT molecular complexity index is 526. The quantitative estimate of drug-likeness (QED) is 0.379. The van der Waals surface area contributed by atoms with Gasteiger partial charge in [0.1, 0.15) is 0 Å². The van der Waals surface area contributed by atoms with Crippen molar-refractivity contribution in [2.45, 2.75) is 25.7 Å². The molecule has 0 spiro atoms. The van der Waals surface area contributed by atoms with Crippen molar-refractivity contribution < 1.29 is 4.79 Å². The van der Waals surface area contributed by atoms with Crippen LogP contribution in [0.2, 0.25) is 0 Å². The molecule has 0 aliphatic carbocycles. The van der Waals surface area contributed by atoms with Crippen LogP contribution in [0.5, 0.6) is 0 Å². The first-order valence-corrected chi connectivity index (χ1v) is 9.29. The van der Waals surface area contributed by atoms with E-state index >= 15 is 0 Å². The number of aliphatic imine (C=N–C) groups is 1. The third-order valence-corrected chi connectivity index (χ3v) is 4.36. The van der Waals surface area contributed by atoms with Gasteiger partial charge < -0.3 is 20.9 Å². The molecule has 0 unspecified atom stereocenters. The number of nitrogens with one attached hydrogen (secondary N) is 3. The summed E-state index contributed by atoms with van der Waals surface area (Å²) in [5, 5.41) is 9.57. The fourth-order valence-electron chi connectivity index (χ4n) is 2.92. The molecule has 0 aromatic heterocycles. The maximum atomic E-state index is 11.9. The van der Waals surface area contributed by atoms with Gasteiger partial charge in [-0.15, -0.1) is 0 Å². The predicted octanol–water partition coefficient (Wildman–Crippen LogP) is 1.46. The predicted molar refractivity (Wildman–Crippen MR) is 103 cm³/mol. The normalized spacial score (nSPS) is 15.6. The first-order valence-electron chi connectivity index (χ1n) is 9.29. The second kappa shape index (κ2) is 11.5. The summed E-state index contributed by atoms with van der Waals surface area (Å²) in [5.74, 6) is 0.802. The molecule has 0 bridgehead atoms. The van der Waals surface area contributed by atoms with Crippen LogP contribution >= 0.6 is 0 Å². The van der Waals surface area contributed by atoms with Crippen molar-refractivity contribution in [3.63, 3.8) is 0 Å². The number of amides is 1. The van der Waals surface area contributed by atoms with Gasteiger partial charge in [0.25, 0.3) is 5.91 Å². The molecule has 1 aliphatic rings. The highest BCUT2D eigenvalue weighted by atomic mass is 16.1. The molecule has 1 amide bonds. The van der Waals surface area contributed by atoms with Gasteiger partial charge in [-0.2, -0.15) is 0 Å². The molecule has 3 N–H and O–H groups in total. The Morgan fingerprint density at radius 3 is 2.40 bits per heavy atom. The molecule has 2 rings (SSSR count). The van der Waals surface area contributed by atoms with Crippen molar-refractivity contribution in [3.8, 4) is 0 Å². The topological polar surface area (TPSA) is 68.8 Å². The van der Waals surface area contributed by atoms with Crippen LogP contribution in [0.25, 0.3) is 0 Å². The van der Waals surface area contributed by atoms with E-state index in [4.69, 9.17) is 0 Å². The molecule has 25 heavy (non-hydrogen) atoms. The zero-order valence-corrected chi connectivity index (χ0v) is 15.3. The molecule has 0 atom stereocenters. The number of carbonyl (C=O) groups excluding carboxylic acids is 1. The van der Waals surface area contributed by atoms with E-state index in [1.54, 1.807) is 7.05 Å². The zero-order valence-electron chi connectivity index (χ0n) is 15.3. The summed E-state index contributed by atoms with van der Waals surface area (Å²) >= 11 is 0. The van der Waals surface area contributed by atoms with Gasteiger partial charge in [-0.05, 0) is 44.5 Å². The van der Waals surface area contributed by atoms with Gasteiger partial charge in [0.2, 0.25) is 0 Å². The first-order chi connectivity index (χ1) is 12.3. The molecule has 1 heterocycles. The Balaban J connectivity index is 1.52. The number of rotatable bonds is 8. The zero-order chi connectivity index (χ0) is 17.7. The average Bonchev–Trinajstić information content (AvgIpc) is 2.67. The molecular formula is C19H31N5O. The first kappa shape index (κ1) is 19.2. The van der Waals surface area contributed by atoms with Gasteiger partial charge in [-0.3, -0.25) is 9.79 Å². The van der Waals surface area contributed by atoms with Crippen LogP contribution in [0.15, 0.2) is 35.3 Å². The fraction of sp³-hybridized carbons (Fsp3) is 0.579. The number of likely N-dealkylation sites (tertiary alicyclic amines) is 1. The molecule has 1 saturated heterocycles. The molecule has 6 nitrogen and oxygen atoms in total. The van der Waals surface area contributed by atoms with Gasteiger partial charge in [-0.25, -0.2) is 0 Å². The van der Waals surface area contributed by atoms with Crippen molar-refractivity contribution in [1.29, 1.82) is 0 Å². The Kier molecular flexibility index (Phi) is 8.83. The summed E-state index contributed by atoms with van der Waals surface area (Å²) in [6.07, 6.45) is 4.86. The van der Waals surface area contributed by atoms with Crippen LogP contribution in [-0.2, 0) is 0 Å². The summed E-state index contributed by atoms with van der Waals surface area (Å²) in [4.78, 5) is 18.7. The lowest BCUT2D eigenvalue weighted by molar-refractivity contribution is 0.0953. The molecule has 1 aromatic carbocycles. The maximum Gasteiger partial charge on any atom is 0.251 e. The number of guanidine groups is 1. The number of hydrogen-bond donors (Lipinski definition) is 3. The Morgan fingerprint density at radius 2 is 1.68 bits per heavy atom. The highest BCUT2D eigenvalue weighted by Gasteiger charge is 2.09. The van der Waals surface area contributed by atoms with Crippen molar-refractivity contribution in [1.82, 2.24) is 20.9 Å². The van der Waals surface area contributed by atoms with Crippen molar-refractivity contribution in [3.05, 3.63) is 35.9 Å². The summed E-state index contributed by atoms with van der Waals surface area (Å²) in [7, 11) is 1.79. The second-order valence-corrected chi connectivity index (χ2v) is 6.30. The molecule has 1 aromatic rings. The molecule has 0 radical (unpaired) electrons. The van der Waals surface area contributed by atoms with Crippen molar-refractivity contribution in [2.24, 2.45) is 4.99 Å². The van der Waals surface area contributed by atoms with E-state index in [-0.39, 0.29) is 5.91 Å². The minimum atomic E-state index is -0.0235. The van der Waals surface area contributed by atoms with Crippen molar-refractivity contribution in [2.75, 3.05) is 46.3 Å². The van der Waals surface area contributed by atoms with Crippen LogP contribution < -0.4 is 16.0 Å². The van der Waals surface area contributed by atoms with E-state index in [0.717, 1.165) is 32.0 Å². The summed E-state index contributed by atoms with van der Waals surface area (Å²) in [5.41, 5.74) is 0.700. The van der Waals surface area contributed by atoms with Gasteiger partial charge in [0, 0.05) is 38.8 Å². The molecular weight excluding hydrogens is 314 g/mol. The number of nitrogens with zero attached hydrogens (tertiary/aromatic N) is 2. The van der Waals surface area contributed by atoms with Crippen LogP contribution in [0.4, 0.5) is 0 Å². The Hall–Kier alpha value is -2.08. The highest BCUT2D eigenvalue weighted by Crippen LogP contribution is 2.07. The maximum absolute atomic E-state index is 11.9. The second-order valence-electron chi connectivity index (χ2n) is 6.30. The number of carbonyl (C=O) groups is 1. The molecule has 138 valence electrons. The average molecular weight is 345 g/mol. The third-order valence-electron chi connectivity index (χ3n) is 4.36. The third kappa shape index (κ3) is 7.56. The van der Waals surface area contributed by atoms with Crippen LogP contribution in [0.1, 0.15) is 36.0 Å². The number of benzene rings is 1. The summed E-state index contributed by atoms with van der Waals surface area (Å²) in [6, 6.07) is 9.29. The summed E-state index contributed by atoms with van der Waals surface area (Å²) < 4.78 is 0. The van der Waals surface area contributed by atoms with Crippen LogP contribution in [-0.4, -0.2) is 63.1 Å². The fourth-order valence-corrected chi connectivity index (χ4v) is 2.92. The molecule has 6 heteroatoms. The molecule has 1 fully saturated rings. The van der Waals surface area contributed by atoms with E-state index in [0.29, 0.717) is 12.1 Å². The monoisotopic (exact) mass is 345 g/mol. The van der Waals surface area contributed by atoms with Crippen molar-refractivity contribution >= 4 is 11.9 Å². The van der Waals surface area contributed by atoms with E-state index in [2.05, 4.69) is 25.8 Å². The highest BCUT2D eigenvalue weighted by molar-refractivity contribution is 5.94. The van der Waals surface area contributed by atoms with E-state index in [1.807, 2.05) is 30.3 Å². The Labute approximate surface area is 151 Å². The van der Waals surface area contributed by atoms with Gasteiger partial charge >= 0.3 is 0 Å². The van der Waals surface area contributed by atoms with E-state index in [9.17, 15) is 4.79 Å². The standard InChI is InChI=1S/C19H31N5O/c1-20-19(23-13-16-24-14-6-3-7-15-24)22-12-8-11-21-18(25)17-9-4-2-5-10-17/h2,4-5,9-10H,3,6-8,11-16H2,1H3,(H,21,25)(H2,20,22,23). The van der Waals surface area contributed by atoms with E-state index < -0.39 is 0 Å². The molecule has 0 saturated carbocycles. The SMILES string of the molecule is CN=C(NCCCNC(=O)c1ccccc1)NCCN1CCCCC1. The van der Waals surface area contributed by atoms with E-state index in [1.165, 1.54) is 32.4 Å². The van der Waals surface area contributed by atoms with Gasteiger partial charge in [-0.1, -0.05) is 24.6 Å². The summed E-state index contributed by atoms with van der Waals surface area (Å²) in [6.45, 7) is 5.83. The van der Waals surface area contributed by atoms with Gasteiger partial charge in [0.15, 0.2) is 5.96 Å². The lowest BCUT2D eigenvalue weighted by atomic mass is 10.1. The van der Waals surface area contributed by atoms with Crippen LogP contribution in [0.3, 0.4) is 0 Å². The van der Waals surface area contributed by atoms with Crippen LogP contribution in [0, 0.1) is 0 Å². The number of hydrogen-bond acceptors (Lipinski definition) is 3.